The van der Waals surface area contributed by atoms with Gasteiger partial charge in [-0.25, -0.2) is 9.97 Å². The zero-order valence-corrected chi connectivity index (χ0v) is 21.4. The second-order valence-electron chi connectivity index (χ2n) is 8.29. The van der Waals surface area contributed by atoms with E-state index < -0.39 is 0 Å². The molecule has 0 spiro atoms. The number of fused-ring (bicyclic) bond motifs is 2. The molecule has 1 aromatic carbocycles. The number of hydrogen-bond donors (Lipinski definition) is 2. The van der Waals surface area contributed by atoms with Gasteiger partial charge in [0, 0.05) is 31.6 Å². The normalized spacial score (nSPS) is 19.0. The second-order valence-corrected chi connectivity index (χ2v) is 8.67. The number of rotatable bonds is 8. The largest absolute Gasteiger partial charge is 0.373 e. The third-order valence-electron chi connectivity index (χ3n) is 5.79. The van der Waals surface area contributed by atoms with Crippen LogP contribution in [0.5, 0.6) is 0 Å². The molecular weight excluding hydrogens is 467 g/mol. The average Bonchev–Trinajstić information content (AvgIpc) is 3.02. The number of H-pyrrole nitrogens is 1. The van der Waals surface area contributed by atoms with Crippen molar-refractivity contribution in [3.05, 3.63) is 23.2 Å². The molecule has 0 amide bonds. The Morgan fingerprint density at radius 3 is 2.59 bits per heavy atom. The van der Waals surface area contributed by atoms with Crippen molar-refractivity contribution in [1.82, 2.24) is 24.4 Å². The first kappa shape index (κ1) is 26.8. The Morgan fingerprint density at radius 1 is 1.12 bits per heavy atom. The highest BCUT2D eigenvalue weighted by Gasteiger charge is 2.21. The van der Waals surface area contributed by atoms with Crippen LogP contribution in [-0.4, -0.2) is 62.8 Å². The minimum atomic E-state index is 0. The number of morpholine rings is 1. The summed E-state index contributed by atoms with van der Waals surface area (Å²) in [5.74, 6) is 0.890. The van der Waals surface area contributed by atoms with Gasteiger partial charge in [-0.3, -0.25) is 4.90 Å². The van der Waals surface area contributed by atoms with Gasteiger partial charge in [0.15, 0.2) is 4.77 Å². The maximum atomic E-state index is 5.81. The van der Waals surface area contributed by atoms with E-state index in [0.717, 1.165) is 71.7 Å². The minimum absolute atomic E-state index is 0. The van der Waals surface area contributed by atoms with Crippen LogP contribution in [0.25, 0.3) is 21.9 Å². The molecule has 3 heterocycles. The minimum Gasteiger partial charge on any atom is -0.373 e. The number of benzene rings is 1. The van der Waals surface area contributed by atoms with Gasteiger partial charge in [0.2, 0.25) is 0 Å². The number of hydrogen-bond acceptors (Lipinski definition) is 6. The molecule has 178 valence electrons. The SMILES string of the molecule is CCn1c(=S)[nH]c2cc3c(NCCCCCN4CC(C)OC(C)C4)ncnc3cc21.Cl.Cl. The van der Waals surface area contributed by atoms with E-state index in [4.69, 9.17) is 17.0 Å². The lowest BCUT2D eigenvalue weighted by molar-refractivity contribution is -0.0681. The molecule has 1 saturated heterocycles. The summed E-state index contributed by atoms with van der Waals surface area (Å²) < 4.78 is 8.65. The van der Waals surface area contributed by atoms with Gasteiger partial charge in [-0.2, -0.15) is 0 Å². The first-order valence-corrected chi connectivity index (χ1v) is 11.4. The van der Waals surface area contributed by atoms with Gasteiger partial charge in [0.05, 0.1) is 28.8 Å². The molecule has 1 aliphatic heterocycles. The highest BCUT2D eigenvalue weighted by Crippen LogP contribution is 2.25. The van der Waals surface area contributed by atoms with Crippen molar-refractivity contribution in [2.24, 2.45) is 0 Å². The van der Waals surface area contributed by atoms with Gasteiger partial charge < -0.3 is 19.6 Å². The van der Waals surface area contributed by atoms with Crippen molar-refractivity contribution >= 4 is 64.8 Å². The topological polar surface area (TPSA) is 71.0 Å². The number of imidazole rings is 1. The van der Waals surface area contributed by atoms with Crippen molar-refractivity contribution in [2.45, 2.75) is 58.8 Å². The van der Waals surface area contributed by atoms with E-state index in [9.17, 15) is 0 Å². The number of nitrogens with one attached hydrogen (secondary N) is 2. The molecule has 2 atom stereocenters. The number of unbranched alkanes of at least 4 members (excludes halogenated alkanes) is 2. The first-order valence-electron chi connectivity index (χ1n) is 11.0. The number of halogens is 2. The van der Waals surface area contributed by atoms with E-state index in [1.54, 1.807) is 6.33 Å². The molecule has 10 heteroatoms. The summed E-state index contributed by atoms with van der Waals surface area (Å²) in [5, 5.41) is 4.54. The Bertz CT molecular complexity index is 1060. The van der Waals surface area contributed by atoms with Crippen LogP contribution in [0.4, 0.5) is 5.82 Å². The Kier molecular flexibility index (Phi) is 10.2. The van der Waals surface area contributed by atoms with Gasteiger partial charge in [0.25, 0.3) is 0 Å². The predicted octanol–water partition coefficient (Wildman–Crippen LogP) is 5.20. The molecule has 2 aromatic heterocycles. The van der Waals surface area contributed by atoms with E-state index in [1.165, 1.54) is 12.8 Å². The Balaban J connectivity index is 0.00000181. The van der Waals surface area contributed by atoms with Gasteiger partial charge in [-0.15, -0.1) is 24.8 Å². The van der Waals surface area contributed by atoms with Gasteiger partial charge in [-0.1, -0.05) is 6.42 Å². The molecule has 3 aromatic rings. The zero-order chi connectivity index (χ0) is 21.1. The van der Waals surface area contributed by atoms with E-state index in [-0.39, 0.29) is 24.8 Å². The van der Waals surface area contributed by atoms with Crippen molar-refractivity contribution in [1.29, 1.82) is 0 Å². The van der Waals surface area contributed by atoms with E-state index in [0.29, 0.717) is 12.2 Å². The summed E-state index contributed by atoms with van der Waals surface area (Å²) in [6, 6.07) is 4.20. The second kappa shape index (κ2) is 12.1. The molecule has 2 unspecified atom stereocenters. The summed E-state index contributed by atoms with van der Waals surface area (Å²) in [4.78, 5) is 14.8. The van der Waals surface area contributed by atoms with Crippen LogP contribution >= 0.6 is 37.0 Å². The highest BCUT2D eigenvalue weighted by molar-refractivity contribution is 7.71. The molecule has 0 saturated carbocycles. The van der Waals surface area contributed by atoms with Gasteiger partial charge in [-0.05, 0) is 64.5 Å². The monoisotopic (exact) mass is 500 g/mol. The highest BCUT2D eigenvalue weighted by atomic mass is 35.5. The third kappa shape index (κ3) is 6.11. The molecule has 32 heavy (non-hydrogen) atoms. The third-order valence-corrected chi connectivity index (χ3v) is 6.11. The lowest BCUT2D eigenvalue weighted by Gasteiger charge is -2.35. The van der Waals surface area contributed by atoms with Gasteiger partial charge in [0.1, 0.15) is 12.1 Å². The van der Waals surface area contributed by atoms with Crippen LogP contribution in [-0.2, 0) is 11.3 Å². The Labute approximate surface area is 207 Å². The van der Waals surface area contributed by atoms with Crippen LogP contribution in [0.1, 0.15) is 40.0 Å². The predicted molar refractivity (Wildman–Crippen MR) is 139 cm³/mol. The van der Waals surface area contributed by atoms with E-state index >= 15 is 0 Å². The fraction of sp³-hybridized carbons (Fsp3) is 0.591. The fourth-order valence-electron chi connectivity index (χ4n) is 4.47. The average molecular weight is 502 g/mol. The summed E-state index contributed by atoms with van der Waals surface area (Å²) >= 11 is 5.44. The molecule has 4 rings (SSSR count). The van der Waals surface area contributed by atoms with Crippen LogP contribution < -0.4 is 5.32 Å². The number of ether oxygens (including phenoxy) is 1. The lowest BCUT2D eigenvalue weighted by atomic mass is 10.2. The number of aromatic amines is 1. The molecule has 0 bridgehead atoms. The zero-order valence-electron chi connectivity index (χ0n) is 19.0. The quantitative estimate of drug-likeness (QED) is 0.327. The Morgan fingerprint density at radius 2 is 1.88 bits per heavy atom. The van der Waals surface area contributed by atoms with Crippen LogP contribution in [0.15, 0.2) is 18.5 Å². The lowest BCUT2D eigenvalue weighted by Crippen LogP contribution is -2.45. The molecule has 7 nitrogen and oxygen atoms in total. The maximum absolute atomic E-state index is 5.81. The standard InChI is InChI=1S/C22H32N6OS.2ClH/c1-4-28-20-11-18-17(10-19(20)26-22(28)30)21(25-14-24-18)23-8-6-5-7-9-27-12-15(2)29-16(3)13-27;;/h10-11,14-16H,4-9,12-13H2,1-3H3,(H,26,30)(H,23,24,25);2*1H. The first-order chi connectivity index (χ1) is 14.5. The van der Waals surface area contributed by atoms with Crippen LogP contribution in [0, 0.1) is 4.77 Å². The van der Waals surface area contributed by atoms with E-state index in [2.05, 4.69) is 62.6 Å². The van der Waals surface area contributed by atoms with Crippen molar-refractivity contribution in [3.8, 4) is 0 Å². The fourth-order valence-corrected chi connectivity index (χ4v) is 4.81. The smallest absolute Gasteiger partial charge is 0.178 e. The van der Waals surface area contributed by atoms with E-state index in [1.807, 2.05) is 0 Å². The molecular formula is C22H34Cl2N6OS. The van der Waals surface area contributed by atoms with Crippen molar-refractivity contribution in [2.75, 3.05) is 31.5 Å². The number of anilines is 1. The number of aryl methyl sites for hydroxylation is 1. The molecule has 0 radical (unpaired) electrons. The van der Waals surface area contributed by atoms with Crippen molar-refractivity contribution in [3.63, 3.8) is 0 Å². The maximum Gasteiger partial charge on any atom is 0.178 e. The molecule has 2 N–H and O–H groups in total. The summed E-state index contributed by atoms with van der Waals surface area (Å²) in [6.45, 7) is 11.4. The summed E-state index contributed by atoms with van der Waals surface area (Å²) in [5.41, 5.74) is 3.05. The number of aromatic nitrogens is 4. The van der Waals surface area contributed by atoms with Crippen molar-refractivity contribution < 1.29 is 4.74 Å². The molecule has 1 aliphatic rings. The molecule has 0 aliphatic carbocycles. The van der Waals surface area contributed by atoms with Gasteiger partial charge >= 0.3 is 0 Å². The van der Waals surface area contributed by atoms with Crippen LogP contribution in [0.2, 0.25) is 0 Å². The van der Waals surface area contributed by atoms with Crippen LogP contribution in [0.3, 0.4) is 0 Å². The summed E-state index contributed by atoms with van der Waals surface area (Å²) in [6.07, 6.45) is 5.86. The summed E-state index contributed by atoms with van der Waals surface area (Å²) in [7, 11) is 0. The molecule has 1 fully saturated rings. The number of nitrogens with zero attached hydrogens (tertiary/aromatic N) is 4. The Hall–Kier alpha value is -1.45.